The highest BCUT2D eigenvalue weighted by Gasteiger charge is 2.27. The van der Waals surface area contributed by atoms with Crippen LogP contribution in [0.1, 0.15) is 10.4 Å². The van der Waals surface area contributed by atoms with Gasteiger partial charge in [0.2, 0.25) is 10.0 Å². The fourth-order valence-corrected chi connectivity index (χ4v) is 3.14. The second-order valence-corrected chi connectivity index (χ2v) is 7.14. The highest BCUT2D eigenvalue weighted by Crippen LogP contribution is 2.20. The van der Waals surface area contributed by atoms with Crippen molar-refractivity contribution in [2.24, 2.45) is 0 Å². The summed E-state index contributed by atoms with van der Waals surface area (Å²) >= 11 is 6.02. The van der Waals surface area contributed by atoms with Crippen LogP contribution in [0.5, 0.6) is 0 Å². The van der Waals surface area contributed by atoms with Crippen LogP contribution in [-0.2, 0) is 10.0 Å². The quantitative estimate of drug-likeness (QED) is 0.871. The van der Waals surface area contributed by atoms with Gasteiger partial charge in [-0.2, -0.15) is 4.31 Å². The molecule has 0 saturated carbocycles. The second-order valence-electron chi connectivity index (χ2n) is 4.75. The summed E-state index contributed by atoms with van der Waals surface area (Å²) in [5.41, 5.74) is 0.365. The summed E-state index contributed by atoms with van der Waals surface area (Å²) in [7, 11) is -1.51. The number of aromatic nitrogens is 1. The van der Waals surface area contributed by atoms with Gasteiger partial charge in [0.25, 0.3) is 5.91 Å². The van der Waals surface area contributed by atoms with Crippen molar-refractivity contribution in [2.45, 2.75) is 0 Å². The molecule has 1 aliphatic rings. The van der Waals surface area contributed by atoms with Crippen molar-refractivity contribution in [1.82, 2.24) is 14.2 Å². The number of carbonyl (C=O) groups excluding carboxylic acids is 1. The largest absolute Gasteiger partial charge is 0.373 e. The van der Waals surface area contributed by atoms with Crippen LogP contribution >= 0.6 is 11.6 Å². The van der Waals surface area contributed by atoms with E-state index in [1.807, 2.05) is 0 Å². The normalized spacial score (nSPS) is 16.8. The maximum absolute atomic E-state index is 12.5. The molecule has 0 atom stereocenters. The number of rotatable bonds is 3. The van der Waals surface area contributed by atoms with Gasteiger partial charge in [-0.15, -0.1) is 0 Å². The minimum absolute atomic E-state index is 0.216. The number of nitrogens with one attached hydrogen (secondary N) is 1. The molecule has 1 aromatic rings. The molecule has 21 heavy (non-hydrogen) atoms. The maximum atomic E-state index is 12.5. The minimum Gasteiger partial charge on any atom is -0.373 e. The summed E-state index contributed by atoms with van der Waals surface area (Å²) in [4.78, 5) is 18.1. The number of piperazine rings is 1. The van der Waals surface area contributed by atoms with Crippen LogP contribution in [0.2, 0.25) is 5.02 Å². The van der Waals surface area contributed by atoms with Crippen molar-refractivity contribution in [1.29, 1.82) is 0 Å². The first-order valence-electron chi connectivity index (χ1n) is 6.40. The number of hydrogen-bond donors (Lipinski definition) is 1. The molecule has 9 heteroatoms. The molecule has 116 valence electrons. The molecule has 0 aromatic carbocycles. The maximum Gasteiger partial charge on any atom is 0.255 e. The van der Waals surface area contributed by atoms with Crippen molar-refractivity contribution in [2.75, 3.05) is 44.8 Å². The van der Waals surface area contributed by atoms with E-state index in [0.29, 0.717) is 37.6 Å². The Kier molecular flexibility index (Phi) is 4.70. The van der Waals surface area contributed by atoms with Crippen LogP contribution in [0.4, 0.5) is 5.82 Å². The molecule has 1 N–H and O–H groups in total. The van der Waals surface area contributed by atoms with E-state index in [0.717, 1.165) is 0 Å². The number of hydrogen-bond acceptors (Lipinski definition) is 5. The summed E-state index contributed by atoms with van der Waals surface area (Å²) in [5.74, 6) is 0.338. The molecule has 0 bridgehead atoms. The Morgan fingerprint density at radius 2 is 1.95 bits per heavy atom. The Morgan fingerprint density at radius 3 is 2.48 bits per heavy atom. The smallest absolute Gasteiger partial charge is 0.255 e. The van der Waals surface area contributed by atoms with Crippen LogP contribution in [0, 0.1) is 0 Å². The third kappa shape index (κ3) is 3.63. The van der Waals surface area contributed by atoms with Crippen LogP contribution in [0.3, 0.4) is 0 Å². The topological polar surface area (TPSA) is 82.6 Å². The Bertz CT molecular complexity index is 642. The van der Waals surface area contributed by atoms with Crippen molar-refractivity contribution in [3.05, 3.63) is 22.8 Å². The molecule has 7 nitrogen and oxygen atoms in total. The van der Waals surface area contributed by atoms with Gasteiger partial charge in [0.15, 0.2) is 0 Å². The average molecular weight is 333 g/mol. The predicted molar refractivity (Wildman–Crippen MR) is 81.1 cm³/mol. The number of sulfonamides is 1. The molecule has 1 saturated heterocycles. The molecular formula is C12H17ClN4O3S. The zero-order chi connectivity index (χ0) is 15.6. The lowest BCUT2D eigenvalue weighted by Crippen LogP contribution is -2.50. The zero-order valence-electron chi connectivity index (χ0n) is 11.8. The first-order valence-corrected chi connectivity index (χ1v) is 8.63. The van der Waals surface area contributed by atoms with Gasteiger partial charge in [-0.25, -0.2) is 13.4 Å². The van der Waals surface area contributed by atoms with Gasteiger partial charge in [0.1, 0.15) is 5.82 Å². The summed E-state index contributed by atoms with van der Waals surface area (Å²) in [5, 5.41) is 3.13. The van der Waals surface area contributed by atoms with E-state index < -0.39 is 10.0 Å². The van der Waals surface area contributed by atoms with E-state index in [-0.39, 0.29) is 10.9 Å². The van der Waals surface area contributed by atoms with Gasteiger partial charge in [0.05, 0.1) is 16.8 Å². The van der Waals surface area contributed by atoms with Crippen molar-refractivity contribution in [3.8, 4) is 0 Å². The number of amides is 1. The second kappa shape index (κ2) is 6.17. The number of carbonyl (C=O) groups is 1. The molecule has 0 unspecified atom stereocenters. The molecule has 0 spiro atoms. The number of halogens is 1. The third-order valence-electron chi connectivity index (χ3n) is 3.34. The fraction of sp³-hybridized carbons (Fsp3) is 0.500. The van der Waals surface area contributed by atoms with Gasteiger partial charge in [-0.1, -0.05) is 11.6 Å². The van der Waals surface area contributed by atoms with Crippen molar-refractivity contribution < 1.29 is 13.2 Å². The van der Waals surface area contributed by atoms with Crippen molar-refractivity contribution in [3.63, 3.8) is 0 Å². The summed E-state index contributed by atoms with van der Waals surface area (Å²) in [6.45, 7) is 1.29. The van der Waals surface area contributed by atoms with E-state index in [9.17, 15) is 13.2 Å². The minimum atomic E-state index is -3.21. The van der Waals surface area contributed by atoms with E-state index >= 15 is 0 Å². The number of nitrogens with zero attached hydrogens (tertiary/aromatic N) is 3. The molecule has 1 amide bonds. The third-order valence-corrected chi connectivity index (χ3v) is 4.94. The van der Waals surface area contributed by atoms with Gasteiger partial charge in [-0.3, -0.25) is 4.79 Å². The fourth-order valence-electron chi connectivity index (χ4n) is 2.13. The van der Waals surface area contributed by atoms with E-state index in [1.54, 1.807) is 18.0 Å². The standard InChI is InChI=1S/C12H17ClN4O3S/c1-14-11-7-9(10(13)8-15-11)12(18)16-3-5-17(6-4-16)21(2,19)20/h7-8H,3-6H2,1-2H3,(H,14,15). The SMILES string of the molecule is CNc1cc(C(=O)N2CCN(S(C)(=O)=O)CC2)c(Cl)cn1. The van der Waals surface area contributed by atoms with Gasteiger partial charge in [-0.05, 0) is 6.07 Å². The Hall–Kier alpha value is -1.38. The Morgan fingerprint density at radius 1 is 1.33 bits per heavy atom. The first kappa shape index (κ1) is 16.0. The monoisotopic (exact) mass is 332 g/mol. The molecule has 1 fully saturated rings. The van der Waals surface area contributed by atoms with Gasteiger partial charge >= 0.3 is 0 Å². The molecule has 1 aliphatic heterocycles. The van der Waals surface area contributed by atoms with E-state index in [2.05, 4.69) is 10.3 Å². The zero-order valence-corrected chi connectivity index (χ0v) is 13.4. The van der Waals surface area contributed by atoms with Crippen LogP contribution in [0.25, 0.3) is 0 Å². The van der Waals surface area contributed by atoms with Gasteiger partial charge in [0, 0.05) is 39.4 Å². The van der Waals surface area contributed by atoms with Crippen LogP contribution < -0.4 is 5.32 Å². The average Bonchev–Trinajstić information content (AvgIpc) is 2.46. The summed E-state index contributed by atoms with van der Waals surface area (Å²) in [6, 6.07) is 1.59. The highest BCUT2D eigenvalue weighted by molar-refractivity contribution is 7.88. The van der Waals surface area contributed by atoms with Crippen molar-refractivity contribution >= 4 is 33.3 Å². The Balaban J connectivity index is 2.12. The Labute approximate surface area is 128 Å². The number of anilines is 1. The summed E-state index contributed by atoms with van der Waals surface area (Å²) < 4.78 is 24.3. The first-order chi connectivity index (χ1) is 9.82. The highest BCUT2D eigenvalue weighted by atomic mass is 35.5. The molecule has 1 aromatic heterocycles. The summed E-state index contributed by atoms with van der Waals surface area (Å²) in [6.07, 6.45) is 2.59. The van der Waals surface area contributed by atoms with E-state index in [4.69, 9.17) is 11.6 Å². The molecule has 2 rings (SSSR count). The van der Waals surface area contributed by atoms with Crippen LogP contribution in [0.15, 0.2) is 12.3 Å². The lowest BCUT2D eigenvalue weighted by molar-refractivity contribution is 0.0698. The predicted octanol–water partition coefficient (Wildman–Crippen LogP) is 0.494. The molecule has 0 radical (unpaired) electrons. The number of pyridine rings is 1. The lowest BCUT2D eigenvalue weighted by atomic mass is 10.2. The molecule has 2 heterocycles. The van der Waals surface area contributed by atoms with Crippen LogP contribution in [-0.4, -0.2) is 68.0 Å². The lowest BCUT2D eigenvalue weighted by Gasteiger charge is -2.33. The van der Waals surface area contributed by atoms with Gasteiger partial charge < -0.3 is 10.2 Å². The van der Waals surface area contributed by atoms with E-state index in [1.165, 1.54) is 16.8 Å². The molecular weight excluding hydrogens is 316 g/mol. The molecule has 0 aliphatic carbocycles.